The van der Waals surface area contributed by atoms with Gasteiger partial charge in [-0.15, -0.1) is 0 Å². The average Bonchev–Trinajstić information content (AvgIpc) is 2.97. The molecule has 0 aliphatic carbocycles. The van der Waals surface area contributed by atoms with Gasteiger partial charge in [0.15, 0.2) is 0 Å². The van der Waals surface area contributed by atoms with Gasteiger partial charge in [0.2, 0.25) is 5.91 Å². The first-order chi connectivity index (χ1) is 19.1. The Hall–Kier alpha value is -3.88. The molecule has 0 radical (unpaired) electrons. The van der Waals surface area contributed by atoms with Crippen LogP contribution < -0.4 is 20.7 Å². The Morgan fingerprint density at radius 2 is 1.56 bits per heavy atom. The normalized spacial score (nSPS) is 14.3. The summed E-state index contributed by atoms with van der Waals surface area (Å²) in [5.74, 6) is 1.22. The van der Waals surface area contributed by atoms with E-state index in [1.807, 2.05) is 54.6 Å². The highest BCUT2D eigenvalue weighted by atomic mass is 16.5. The Balaban J connectivity index is 1.29. The van der Waals surface area contributed by atoms with E-state index in [4.69, 9.17) is 9.47 Å². The fraction of sp³-hybridized carbons (Fsp3) is 0.355. The number of morpholine rings is 1. The largest absolute Gasteiger partial charge is 0.457 e. The molecule has 1 heterocycles. The van der Waals surface area contributed by atoms with Crippen molar-refractivity contribution < 1.29 is 19.1 Å². The molecule has 4 rings (SSSR count). The average molecular weight is 531 g/mol. The van der Waals surface area contributed by atoms with Gasteiger partial charge in [0.05, 0.1) is 13.2 Å². The Morgan fingerprint density at radius 3 is 2.23 bits per heavy atom. The van der Waals surface area contributed by atoms with Crippen LogP contribution in [-0.4, -0.2) is 62.3 Å². The van der Waals surface area contributed by atoms with Gasteiger partial charge >= 0.3 is 6.03 Å². The maximum Gasteiger partial charge on any atom is 0.319 e. The number of aryl methyl sites for hydroxylation is 1. The molecule has 3 aromatic rings. The lowest BCUT2D eigenvalue weighted by Crippen LogP contribution is -2.49. The SMILES string of the molecule is CCc1ccc(Oc2ccc(NC(=O)N[C@H](Cc3ccccc3)C(=O)NCCCN3CCOCC3)cc2)cc1. The van der Waals surface area contributed by atoms with Crippen molar-refractivity contribution >= 4 is 17.6 Å². The number of ether oxygens (including phenoxy) is 2. The fourth-order valence-corrected chi connectivity index (χ4v) is 4.38. The smallest absolute Gasteiger partial charge is 0.319 e. The van der Waals surface area contributed by atoms with Gasteiger partial charge in [-0.05, 0) is 66.9 Å². The van der Waals surface area contributed by atoms with E-state index in [9.17, 15) is 9.59 Å². The highest BCUT2D eigenvalue weighted by Gasteiger charge is 2.21. The lowest BCUT2D eigenvalue weighted by Gasteiger charge is -2.26. The summed E-state index contributed by atoms with van der Waals surface area (Å²) in [6.45, 7) is 6.93. The zero-order valence-electron chi connectivity index (χ0n) is 22.5. The fourth-order valence-electron chi connectivity index (χ4n) is 4.38. The van der Waals surface area contributed by atoms with Gasteiger partial charge in [-0.2, -0.15) is 0 Å². The summed E-state index contributed by atoms with van der Waals surface area (Å²) in [5, 5.41) is 8.67. The van der Waals surface area contributed by atoms with Gasteiger partial charge in [0.25, 0.3) is 0 Å². The lowest BCUT2D eigenvalue weighted by atomic mass is 10.1. The van der Waals surface area contributed by atoms with Crippen molar-refractivity contribution in [2.24, 2.45) is 0 Å². The molecule has 3 aromatic carbocycles. The Kier molecular flexibility index (Phi) is 10.7. The van der Waals surface area contributed by atoms with Crippen molar-refractivity contribution in [2.75, 3.05) is 44.7 Å². The molecule has 1 aliphatic rings. The quantitative estimate of drug-likeness (QED) is 0.298. The summed E-state index contributed by atoms with van der Waals surface area (Å²) >= 11 is 0. The minimum atomic E-state index is -0.704. The molecular weight excluding hydrogens is 492 g/mol. The molecule has 1 fully saturated rings. The molecule has 8 nitrogen and oxygen atoms in total. The van der Waals surface area contributed by atoms with E-state index in [1.165, 1.54) is 5.56 Å². The first kappa shape index (κ1) is 28.1. The summed E-state index contributed by atoms with van der Waals surface area (Å²) in [4.78, 5) is 28.2. The predicted molar refractivity (Wildman–Crippen MR) is 153 cm³/mol. The number of anilines is 1. The van der Waals surface area contributed by atoms with Crippen LogP contribution >= 0.6 is 0 Å². The third kappa shape index (κ3) is 9.42. The highest BCUT2D eigenvalue weighted by Crippen LogP contribution is 2.23. The Bertz CT molecular complexity index is 1160. The second-order valence-electron chi connectivity index (χ2n) is 9.56. The van der Waals surface area contributed by atoms with E-state index in [-0.39, 0.29) is 5.91 Å². The van der Waals surface area contributed by atoms with E-state index in [1.54, 1.807) is 24.3 Å². The third-order valence-electron chi connectivity index (χ3n) is 6.64. The number of amides is 3. The number of nitrogens with one attached hydrogen (secondary N) is 3. The summed E-state index contributed by atoms with van der Waals surface area (Å²) in [5.41, 5.74) is 2.82. The molecule has 1 saturated heterocycles. The van der Waals surface area contributed by atoms with E-state index < -0.39 is 12.1 Å². The molecule has 0 aromatic heterocycles. The molecule has 0 unspecified atom stereocenters. The number of hydrogen-bond acceptors (Lipinski definition) is 5. The molecule has 0 bridgehead atoms. The first-order valence-corrected chi connectivity index (χ1v) is 13.6. The number of nitrogens with zero attached hydrogens (tertiary/aromatic N) is 1. The third-order valence-corrected chi connectivity index (χ3v) is 6.64. The van der Waals surface area contributed by atoms with Crippen LogP contribution in [0.1, 0.15) is 24.5 Å². The highest BCUT2D eigenvalue weighted by molar-refractivity contribution is 5.93. The van der Waals surface area contributed by atoms with E-state index in [2.05, 4.69) is 27.8 Å². The monoisotopic (exact) mass is 530 g/mol. The lowest BCUT2D eigenvalue weighted by molar-refractivity contribution is -0.122. The van der Waals surface area contributed by atoms with Crippen molar-refractivity contribution in [3.8, 4) is 11.5 Å². The molecule has 39 heavy (non-hydrogen) atoms. The molecule has 1 atom stereocenters. The van der Waals surface area contributed by atoms with Gasteiger partial charge in [-0.1, -0.05) is 49.4 Å². The summed E-state index contributed by atoms with van der Waals surface area (Å²) in [7, 11) is 0. The van der Waals surface area contributed by atoms with E-state index in [0.717, 1.165) is 57.0 Å². The van der Waals surface area contributed by atoms with Crippen LogP contribution in [0.3, 0.4) is 0 Å². The molecule has 8 heteroatoms. The van der Waals surface area contributed by atoms with Crippen LogP contribution in [0.4, 0.5) is 10.5 Å². The summed E-state index contributed by atoms with van der Waals surface area (Å²) in [6.07, 6.45) is 2.21. The second-order valence-corrected chi connectivity index (χ2v) is 9.56. The number of carbonyl (C=O) groups is 2. The number of hydrogen-bond donors (Lipinski definition) is 3. The molecule has 3 amide bonds. The zero-order valence-corrected chi connectivity index (χ0v) is 22.5. The van der Waals surface area contributed by atoms with Crippen LogP contribution in [0.2, 0.25) is 0 Å². The summed E-state index contributed by atoms with van der Waals surface area (Å²) < 4.78 is 11.3. The van der Waals surface area contributed by atoms with Gasteiger partial charge in [0.1, 0.15) is 17.5 Å². The van der Waals surface area contributed by atoms with Gasteiger partial charge < -0.3 is 25.4 Å². The summed E-state index contributed by atoms with van der Waals surface area (Å²) in [6, 6.07) is 23.6. The standard InChI is InChI=1S/C31H38N4O4/c1-2-24-9-13-27(14-10-24)39-28-15-11-26(12-16-28)33-31(37)34-29(23-25-7-4-3-5-8-25)30(36)32-17-6-18-35-19-21-38-22-20-35/h3-5,7-16,29H,2,6,17-23H2,1H3,(H,32,36)(H2,33,34,37)/t29-/m1/s1. The molecule has 206 valence electrons. The molecule has 3 N–H and O–H groups in total. The van der Waals surface area contributed by atoms with Gasteiger partial charge in [0, 0.05) is 31.7 Å². The van der Waals surface area contributed by atoms with Crippen molar-refractivity contribution in [3.05, 3.63) is 90.0 Å². The molecule has 1 aliphatic heterocycles. The van der Waals surface area contributed by atoms with Crippen molar-refractivity contribution in [1.29, 1.82) is 0 Å². The number of urea groups is 1. The first-order valence-electron chi connectivity index (χ1n) is 13.6. The second kappa shape index (κ2) is 14.9. The maximum absolute atomic E-state index is 13.0. The van der Waals surface area contributed by atoms with Gasteiger partial charge in [-0.3, -0.25) is 9.69 Å². The van der Waals surface area contributed by atoms with Crippen LogP contribution in [0.15, 0.2) is 78.9 Å². The Labute approximate surface area is 230 Å². The Morgan fingerprint density at radius 1 is 0.897 bits per heavy atom. The zero-order chi connectivity index (χ0) is 27.3. The van der Waals surface area contributed by atoms with E-state index >= 15 is 0 Å². The van der Waals surface area contributed by atoms with Crippen LogP contribution in [0, 0.1) is 0 Å². The van der Waals surface area contributed by atoms with Crippen LogP contribution in [0.5, 0.6) is 11.5 Å². The van der Waals surface area contributed by atoms with Crippen LogP contribution in [0.25, 0.3) is 0 Å². The van der Waals surface area contributed by atoms with Gasteiger partial charge in [-0.25, -0.2) is 4.79 Å². The molecule has 0 spiro atoms. The molecule has 0 saturated carbocycles. The van der Waals surface area contributed by atoms with Crippen molar-refractivity contribution in [1.82, 2.24) is 15.5 Å². The number of rotatable bonds is 12. The number of carbonyl (C=O) groups excluding carboxylic acids is 2. The van der Waals surface area contributed by atoms with Crippen molar-refractivity contribution in [2.45, 2.75) is 32.2 Å². The van der Waals surface area contributed by atoms with Crippen LogP contribution in [-0.2, 0) is 22.4 Å². The topological polar surface area (TPSA) is 91.9 Å². The van der Waals surface area contributed by atoms with E-state index in [0.29, 0.717) is 24.4 Å². The maximum atomic E-state index is 13.0. The minimum absolute atomic E-state index is 0.200. The number of benzene rings is 3. The minimum Gasteiger partial charge on any atom is -0.457 e. The molecular formula is C31H38N4O4. The van der Waals surface area contributed by atoms with Crippen molar-refractivity contribution in [3.63, 3.8) is 0 Å². The predicted octanol–water partition coefficient (Wildman–Crippen LogP) is 4.61.